The summed E-state index contributed by atoms with van der Waals surface area (Å²) in [6, 6.07) is 10.4. The van der Waals surface area contributed by atoms with Crippen molar-refractivity contribution < 1.29 is 9.53 Å². The van der Waals surface area contributed by atoms with Crippen LogP contribution < -0.4 is 4.90 Å². The van der Waals surface area contributed by atoms with Crippen molar-refractivity contribution in [2.24, 2.45) is 0 Å². The Hall–Kier alpha value is -3.40. The van der Waals surface area contributed by atoms with Gasteiger partial charge in [0, 0.05) is 12.7 Å². The van der Waals surface area contributed by atoms with Crippen LogP contribution in [0, 0.1) is 11.3 Å². The van der Waals surface area contributed by atoms with Crippen molar-refractivity contribution in [1.82, 2.24) is 15.0 Å². The number of aryl methyl sites for hydroxylation is 1. The molecule has 0 atom stereocenters. The highest BCUT2D eigenvalue weighted by atomic mass is 16.6. The van der Waals surface area contributed by atoms with Gasteiger partial charge in [-0.05, 0) is 61.8 Å². The third-order valence-corrected chi connectivity index (χ3v) is 6.89. The van der Waals surface area contributed by atoms with E-state index in [1.807, 2.05) is 0 Å². The minimum absolute atomic E-state index is 0.110. The summed E-state index contributed by atoms with van der Waals surface area (Å²) in [5.41, 5.74) is 5.20. The summed E-state index contributed by atoms with van der Waals surface area (Å²) in [4.78, 5) is 27.0. The summed E-state index contributed by atoms with van der Waals surface area (Å²) in [7, 11) is 0. The molecule has 156 valence electrons. The van der Waals surface area contributed by atoms with Gasteiger partial charge in [0.05, 0.1) is 22.2 Å². The van der Waals surface area contributed by atoms with E-state index in [1.54, 1.807) is 17.2 Å². The van der Waals surface area contributed by atoms with Gasteiger partial charge in [0.15, 0.2) is 5.65 Å². The van der Waals surface area contributed by atoms with Crippen molar-refractivity contribution in [2.75, 3.05) is 11.4 Å². The predicted octanol–water partition coefficient (Wildman–Crippen LogP) is 4.35. The van der Waals surface area contributed by atoms with Crippen LogP contribution in [0.5, 0.6) is 0 Å². The molecule has 1 N–H and O–H groups in total. The molecule has 3 aromatic rings. The highest BCUT2D eigenvalue weighted by Gasteiger charge is 2.44. The third kappa shape index (κ3) is 2.97. The molecule has 1 aliphatic heterocycles. The molecule has 6 rings (SSSR count). The largest absolute Gasteiger partial charge is 0.446 e. The van der Waals surface area contributed by atoms with E-state index in [0.717, 1.165) is 62.0 Å². The Kier molecular flexibility index (Phi) is 4.04. The normalized spacial score (nSPS) is 19.4. The van der Waals surface area contributed by atoms with Crippen LogP contribution in [-0.4, -0.2) is 33.7 Å². The maximum atomic E-state index is 12.6. The van der Waals surface area contributed by atoms with Gasteiger partial charge in [0.1, 0.15) is 18.0 Å². The lowest BCUT2D eigenvalue weighted by atomic mass is 9.63. The van der Waals surface area contributed by atoms with Gasteiger partial charge in [0.2, 0.25) is 0 Å². The molecule has 2 aliphatic carbocycles. The molecule has 2 saturated carbocycles. The number of nitrogens with one attached hydrogen (secondary N) is 1. The van der Waals surface area contributed by atoms with Gasteiger partial charge in [-0.1, -0.05) is 18.6 Å². The second-order valence-electron chi connectivity index (χ2n) is 8.91. The van der Waals surface area contributed by atoms with Crippen LogP contribution in [-0.2, 0) is 16.6 Å². The van der Waals surface area contributed by atoms with Crippen molar-refractivity contribution in [3.05, 3.63) is 53.0 Å². The molecule has 0 unspecified atom stereocenters. The maximum Gasteiger partial charge on any atom is 0.414 e. The molecule has 0 spiro atoms. The van der Waals surface area contributed by atoms with E-state index in [9.17, 15) is 4.79 Å². The maximum absolute atomic E-state index is 12.6. The van der Waals surface area contributed by atoms with E-state index in [4.69, 9.17) is 15.0 Å². The van der Waals surface area contributed by atoms with Crippen molar-refractivity contribution in [2.45, 2.75) is 56.5 Å². The summed E-state index contributed by atoms with van der Waals surface area (Å²) in [6.07, 6.45) is 8.50. The molecule has 7 heteroatoms. The number of carbonyl (C=O) groups is 1. The first kappa shape index (κ1) is 18.4. The molecule has 7 nitrogen and oxygen atoms in total. The zero-order chi connectivity index (χ0) is 21.0. The summed E-state index contributed by atoms with van der Waals surface area (Å²) in [5.74, 6) is 0.914. The Balaban J connectivity index is 1.36. The molecule has 1 amide bonds. The van der Waals surface area contributed by atoms with Gasteiger partial charge in [0.25, 0.3) is 0 Å². The number of nitriles is 1. The number of aromatic amines is 1. The Morgan fingerprint density at radius 3 is 2.87 bits per heavy atom. The minimum atomic E-state index is -0.216. The van der Waals surface area contributed by atoms with E-state index < -0.39 is 0 Å². The van der Waals surface area contributed by atoms with Crippen molar-refractivity contribution in [1.29, 1.82) is 5.26 Å². The van der Waals surface area contributed by atoms with Crippen LogP contribution in [0.1, 0.15) is 61.0 Å². The van der Waals surface area contributed by atoms with Crippen LogP contribution >= 0.6 is 0 Å². The first-order chi connectivity index (χ1) is 15.2. The van der Waals surface area contributed by atoms with Crippen molar-refractivity contribution in [3.8, 4) is 6.07 Å². The zero-order valence-corrected chi connectivity index (χ0v) is 17.2. The van der Waals surface area contributed by atoms with Crippen LogP contribution in [0.3, 0.4) is 0 Å². The number of amides is 1. The lowest BCUT2D eigenvalue weighted by Gasteiger charge is -2.41. The fourth-order valence-corrected chi connectivity index (χ4v) is 4.86. The first-order valence-corrected chi connectivity index (χ1v) is 11.0. The molecule has 2 fully saturated rings. The molecule has 3 heterocycles. The third-order valence-electron chi connectivity index (χ3n) is 6.89. The SMILES string of the molecule is N#Cc1cnc2nc(C3(c4ccc5c(c4)CCCN5C(=O)OC4CC4)CCC3)[nH]c2c1. The van der Waals surface area contributed by atoms with E-state index in [0.29, 0.717) is 17.8 Å². The number of anilines is 1. The summed E-state index contributed by atoms with van der Waals surface area (Å²) >= 11 is 0. The molecular formula is C24H23N5O2. The van der Waals surface area contributed by atoms with E-state index in [1.165, 1.54) is 11.1 Å². The number of ether oxygens (including phenoxy) is 1. The first-order valence-electron chi connectivity index (χ1n) is 11.0. The average molecular weight is 413 g/mol. The topological polar surface area (TPSA) is 94.9 Å². The number of carbonyl (C=O) groups excluding carboxylic acids is 1. The standard InChI is InChI=1S/C24H23N5O2/c25-13-15-11-19-21(26-14-15)28-22(27-19)24(8-2-9-24)17-4-7-20-16(12-17)3-1-10-29(20)23(30)31-18-5-6-18/h4,7,11-12,14,18H,1-3,5-6,8-10H2,(H,26,27,28). The Labute approximate surface area is 180 Å². The van der Waals surface area contributed by atoms with Crippen molar-refractivity contribution in [3.63, 3.8) is 0 Å². The molecule has 0 radical (unpaired) electrons. The highest BCUT2D eigenvalue weighted by molar-refractivity contribution is 5.89. The Morgan fingerprint density at radius 1 is 1.26 bits per heavy atom. The average Bonchev–Trinajstić information content (AvgIpc) is 3.47. The quantitative estimate of drug-likeness (QED) is 0.689. The fourth-order valence-electron chi connectivity index (χ4n) is 4.86. The number of H-pyrrole nitrogens is 1. The monoisotopic (exact) mass is 413 g/mol. The number of rotatable bonds is 3. The number of pyridine rings is 1. The molecule has 0 bridgehead atoms. The van der Waals surface area contributed by atoms with Crippen LogP contribution in [0.25, 0.3) is 11.2 Å². The number of fused-ring (bicyclic) bond motifs is 2. The molecule has 31 heavy (non-hydrogen) atoms. The van der Waals surface area contributed by atoms with E-state index >= 15 is 0 Å². The van der Waals surface area contributed by atoms with Crippen molar-refractivity contribution >= 4 is 22.9 Å². The zero-order valence-electron chi connectivity index (χ0n) is 17.2. The second-order valence-corrected chi connectivity index (χ2v) is 8.91. The van der Waals surface area contributed by atoms with Gasteiger partial charge < -0.3 is 9.72 Å². The number of hydrogen-bond donors (Lipinski definition) is 1. The van der Waals surface area contributed by atoms with Gasteiger partial charge >= 0.3 is 6.09 Å². The molecule has 0 saturated heterocycles. The van der Waals surface area contributed by atoms with Gasteiger partial charge in [-0.2, -0.15) is 5.26 Å². The molecule has 1 aromatic carbocycles. The molecular weight excluding hydrogens is 390 g/mol. The minimum Gasteiger partial charge on any atom is -0.446 e. The van der Waals surface area contributed by atoms with Crippen LogP contribution in [0.15, 0.2) is 30.5 Å². The number of nitrogens with zero attached hydrogens (tertiary/aromatic N) is 4. The Bertz CT molecular complexity index is 1230. The molecule has 2 aromatic heterocycles. The van der Waals surface area contributed by atoms with Gasteiger partial charge in [-0.25, -0.2) is 14.8 Å². The smallest absolute Gasteiger partial charge is 0.414 e. The fraction of sp³-hybridized carbons (Fsp3) is 0.417. The number of hydrogen-bond acceptors (Lipinski definition) is 5. The second kappa shape index (κ2) is 6.81. The number of aromatic nitrogens is 3. The Morgan fingerprint density at radius 2 is 2.13 bits per heavy atom. The lowest BCUT2D eigenvalue weighted by Crippen LogP contribution is -2.38. The number of benzene rings is 1. The summed E-state index contributed by atoms with van der Waals surface area (Å²) < 4.78 is 5.55. The van der Waals surface area contributed by atoms with E-state index in [-0.39, 0.29) is 17.6 Å². The van der Waals surface area contributed by atoms with Crippen LogP contribution in [0.2, 0.25) is 0 Å². The highest BCUT2D eigenvalue weighted by Crippen LogP contribution is 2.49. The van der Waals surface area contributed by atoms with Gasteiger partial charge in [-0.3, -0.25) is 4.90 Å². The lowest BCUT2D eigenvalue weighted by molar-refractivity contribution is 0.146. The van der Waals surface area contributed by atoms with E-state index in [2.05, 4.69) is 34.2 Å². The van der Waals surface area contributed by atoms with Gasteiger partial charge in [-0.15, -0.1) is 0 Å². The number of imidazole rings is 1. The van der Waals surface area contributed by atoms with Crippen LogP contribution in [0.4, 0.5) is 10.5 Å². The molecule has 3 aliphatic rings. The predicted molar refractivity (Wildman–Crippen MR) is 115 cm³/mol. The summed E-state index contributed by atoms with van der Waals surface area (Å²) in [5, 5.41) is 9.16. The summed E-state index contributed by atoms with van der Waals surface area (Å²) in [6.45, 7) is 0.708.